The summed E-state index contributed by atoms with van der Waals surface area (Å²) in [5.41, 5.74) is -1.32. The molecule has 0 amide bonds. The molecule has 0 aromatic carbocycles. The maximum absolute atomic E-state index is 12.2. The number of hydrogen-bond acceptors (Lipinski definition) is 2. The molecular formula is C7H3ClF5NO. The number of pyridine rings is 1. The van der Waals surface area contributed by atoms with Crippen molar-refractivity contribution in [1.29, 1.82) is 0 Å². The van der Waals surface area contributed by atoms with Gasteiger partial charge in [0.05, 0.1) is 16.8 Å². The Hall–Kier alpha value is -1.11. The summed E-state index contributed by atoms with van der Waals surface area (Å²) in [6.45, 7) is -3.26. The lowest BCUT2D eigenvalue weighted by Gasteiger charge is -2.11. The van der Waals surface area contributed by atoms with E-state index in [0.717, 1.165) is 0 Å². The van der Waals surface area contributed by atoms with Crippen molar-refractivity contribution in [1.82, 2.24) is 4.98 Å². The standard InChI is InChI=1S/C7H3ClF5NO/c8-5-3(7(11,12)13)1-14-2-4(5)15-6(9)10/h1-2,6H. The Balaban J connectivity index is 3.12. The van der Waals surface area contributed by atoms with Crippen LogP contribution in [-0.2, 0) is 6.18 Å². The molecule has 0 aliphatic rings. The molecule has 15 heavy (non-hydrogen) atoms. The van der Waals surface area contributed by atoms with E-state index in [1.165, 1.54) is 0 Å². The second kappa shape index (κ2) is 4.18. The highest BCUT2D eigenvalue weighted by molar-refractivity contribution is 6.32. The molecule has 84 valence electrons. The quantitative estimate of drug-likeness (QED) is 0.748. The zero-order valence-electron chi connectivity index (χ0n) is 6.86. The fraction of sp³-hybridized carbons (Fsp3) is 0.286. The first kappa shape index (κ1) is 12.0. The number of rotatable bonds is 2. The van der Waals surface area contributed by atoms with Crippen LogP contribution in [0.4, 0.5) is 22.0 Å². The zero-order chi connectivity index (χ0) is 11.6. The SMILES string of the molecule is FC(F)Oc1cncc(C(F)(F)F)c1Cl. The van der Waals surface area contributed by atoms with E-state index in [1.807, 2.05) is 0 Å². The predicted molar refractivity (Wildman–Crippen MR) is 40.9 cm³/mol. The molecule has 1 aromatic rings. The van der Waals surface area contributed by atoms with Crippen molar-refractivity contribution in [2.45, 2.75) is 12.8 Å². The first-order valence-electron chi connectivity index (χ1n) is 3.48. The highest BCUT2D eigenvalue weighted by Gasteiger charge is 2.35. The summed E-state index contributed by atoms with van der Waals surface area (Å²) in [5.74, 6) is -0.804. The Labute approximate surface area is 85.6 Å². The van der Waals surface area contributed by atoms with Gasteiger partial charge in [0.25, 0.3) is 0 Å². The van der Waals surface area contributed by atoms with Crippen molar-refractivity contribution >= 4 is 11.6 Å². The average Bonchev–Trinajstić information content (AvgIpc) is 2.05. The van der Waals surface area contributed by atoms with Gasteiger partial charge in [-0.3, -0.25) is 4.98 Å². The molecule has 0 unspecified atom stereocenters. The van der Waals surface area contributed by atoms with Gasteiger partial charge in [-0.2, -0.15) is 22.0 Å². The van der Waals surface area contributed by atoms with E-state index in [4.69, 9.17) is 11.6 Å². The Morgan fingerprint density at radius 3 is 2.33 bits per heavy atom. The molecule has 0 spiro atoms. The first-order valence-corrected chi connectivity index (χ1v) is 3.85. The summed E-state index contributed by atoms with van der Waals surface area (Å²) in [5, 5.41) is -0.933. The fourth-order valence-electron chi connectivity index (χ4n) is 0.801. The van der Waals surface area contributed by atoms with Crippen molar-refractivity contribution in [3.63, 3.8) is 0 Å². The molecule has 0 N–H and O–H groups in total. The monoisotopic (exact) mass is 247 g/mol. The van der Waals surface area contributed by atoms with Gasteiger partial charge >= 0.3 is 12.8 Å². The van der Waals surface area contributed by atoms with Gasteiger partial charge < -0.3 is 4.74 Å². The van der Waals surface area contributed by atoms with Crippen LogP contribution in [0.25, 0.3) is 0 Å². The van der Waals surface area contributed by atoms with Crippen molar-refractivity contribution in [3.8, 4) is 5.75 Å². The van der Waals surface area contributed by atoms with Gasteiger partial charge in [-0.25, -0.2) is 0 Å². The molecule has 1 rings (SSSR count). The summed E-state index contributed by atoms with van der Waals surface area (Å²) in [6, 6.07) is 0. The van der Waals surface area contributed by atoms with E-state index >= 15 is 0 Å². The summed E-state index contributed by atoms with van der Waals surface area (Å²) in [4.78, 5) is 3.10. The maximum atomic E-state index is 12.2. The van der Waals surface area contributed by atoms with Crippen molar-refractivity contribution in [2.75, 3.05) is 0 Å². The zero-order valence-corrected chi connectivity index (χ0v) is 7.61. The molecule has 0 fully saturated rings. The van der Waals surface area contributed by atoms with Crippen LogP contribution in [0.1, 0.15) is 5.56 Å². The van der Waals surface area contributed by atoms with E-state index < -0.39 is 29.1 Å². The largest absolute Gasteiger partial charge is 0.432 e. The van der Waals surface area contributed by atoms with Gasteiger partial charge in [-0.05, 0) is 0 Å². The molecule has 0 atom stereocenters. The topological polar surface area (TPSA) is 22.1 Å². The number of hydrogen-bond donors (Lipinski definition) is 0. The van der Waals surface area contributed by atoms with Crippen molar-refractivity contribution in [2.24, 2.45) is 0 Å². The van der Waals surface area contributed by atoms with Gasteiger partial charge in [0, 0.05) is 6.20 Å². The van der Waals surface area contributed by atoms with Crippen LogP contribution in [-0.4, -0.2) is 11.6 Å². The molecule has 0 bridgehead atoms. The number of ether oxygens (including phenoxy) is 1. The lowest BCUT2D eigenvalue weighted by atomic mass is 10.2. The number of halogens is 6. The Bertz CT molecular complexity index is 354. The maximum Gasteiger partial charge on any atom is 0.419 e. The molecule has 0 radical (unpaired) electrons. The highest BCUT2D eigenvalue weighted by Crippen LogP contribution is 2.38. The average molecular weight is 248 g/mol. The summed E-state index contributed by atoms with van der Waals surface area (Å²) in [7, 11) is 0. The number of aromatic nitrogens is 1. The Morgan fingerprint density at radius 2 is 1.87 bits per heavy atom. The van der Waals surface area contributed by atoms with Crippen molar-refractivity contribution in [3.05, 3.63) is 23.0 Å². The lowest BCUT2D eigenvalue weighted by Crippen LogP contribution is -2.09. The molecule has 1 heterocycles. The second-order valence-electron chi connectivity index (χ2n) is 2.38. The normalized spacial score (nSPS) is 11.9. The highest BCUT2D eigenvalue weighted by atomic mass is 35.5. The predicted octanol–water partition coefficient (Wildman–Crippen LogP) is 3.36. The van der Waals surface area contributed by atoms with E-state index in [2.05, 4.69) is 9.72 Å². The third-order valence-corrected chi connectivity index (χ3v) is 1.76. The molecule has 0 saturated heterocycles. The minimum absolute atomic E-state index is 0.431. The van der Waals surface area contributed by atoms with Gasteiger partial charge in [0.1, 0.15) is 0 Å². The summed E-state index contributed by atoms with van der Waals surface area (Å²) < 4.78 is 63.8. The van der Waals surface area contributed by atoms with E-state index in [0.29, 0.717) is 12.4 Å². The van der Waals surface area contributed by atoms with Crippen molar-refractivity contribution < 1.29 is 26.7 Å². The molecular weight excluding hydrogens is 245 g/mol. The molecule has 0 aliphatic carbocycles. The molecule has 0 aliphatic heterocycles. The van der Waals surface area contributed by atoms with Crippen LogP contribution in [0.2, 0.25) is 5.02 Å². The van der Waals surface area contributed by atoms with Gasteiger partial charge in [0.2, 0.25) is 0 Å². The minimum Gasteiger partial charge on any atom is -0.432 e. The second-order valence-corrected chi connectivity index (χ2v) is 2.75. The van der Waals surface area contributed by atoms with Crippen LogP contribution >= 0.6 is 11.6 Å². The Morgan fingerprint density at radius 1 is 1.27 bits per heavy atom. The van der Waals surface area contributed by atoms with E-state index in [9.17, 15) is 22.0 Å². The van der Waals surface area contributed by atoms with Gasteiger partial charge in [-0.15, -0.1) is 0 Å². The molecule has 1 aromatic heterocycles. The minimum atomic E-state index is -4.76. The Kier molecular flexibility index (Phi) is 3.33. The summed E-state index contributed by atoms with van der Waals surface area (Å²) >= 11 is 5.22. The number of alkyl halides is 5. The van der Waals surface area contributed by atoms with E-state index in [1.54, 1.807) is 0 Å². The van der Waals surface area contributed by atoms with Crippen LogP contribution in [0.3, 0.4) is 0 Å². The van der Waals surface area contributed by atoms with Crippen LogP contribution in [0, 0.1) is 0 Å². The van der Waals surface area contributed by atoms with Crippen LogP contribution < -0.4 is 4.74 Å². The number of nitrogens with zero attached hydrogens (tertiary/aromatic N) is 1. The lowest BCUT2D eigenvalue weighted by molar-refractivity contribution is -0.138. The third-order valence-electron chi connectivity index (χ3n) is 1.37. The molecule has 0 saturated carbocycles. The third kappa shape index (κ3) is 2.92. The van der Waals surface area contributed by atoms with E-state index in [-0.39, 0.29) is 0 Å². The molecule has 8 heteroatoms. The van der Waals surface area contributed by atoms with Crippen LogP contribution in [0.15, 0.2) is 12.4 Å². The molecule has 2 nitrogen and oxygen atoms in total. The summed E-state index contributed by atoms with van der Waals surface area (Å²) in [6.07, 6.45) is -3.64. The fourth-order valence-corrected chi connectivity index (χ4v) is 1.05. The van der Waals surface area contributed by atoms with Gasteiger partial charge in [-0.1, -0.05) is 11.6 Å². The van der Waals surface area contributed by atoms with Crippen LogP contribution in [0.5, 0.6) is 5.75 Å². The first-order chi connectivity index (χ1) is 6.82. The smallest absolute Gasteiger partial charge is 0.419 e. The van der Waals surface area contributed by atoms with Gasteiger partial charge in [0.15, 0.2) is 5.75 Å².